The molecule has 0 radical (unpaired) electrons. The van der Waals surface area contributed by atoms with E-state index in [0.29, 0.717) is 23.1 Å². The second-order valence-electron chi connectivity index (χ2n) is 10.6. The maximum atomic E-state index is 14.1. The minimum Gasteiger partial charge on any atom is -0.474 e. The predicted octanol–water partition coefficient (Wildman–Crippen LogP) is 6.08. The number of aromatic nitrogens is 3. The highest BCUT2D eigenvalue weighted by Gasteiger charge is 2.39. The molecule has 0 bridgehead atoms. The maximum Gasteiger partial charge on any atom is 0.421 e. The first kappa shape index (κ1) is 25.1. The summed E-state index contributed by atoms with van der Waals surface area (Å²) in [5, 5.41) is 2.01. The van der Waals surface area contributed by atoms with E-state index in [1.54, 1.807) is 19.5 Å². The number of benzene rings is 1. The van der Waals surface area contributed by atoms with E-state index in [1.165, 1.54) is 6.20 Å². The Morgan fingerprint density at radius 1 is 0.947 bits per heavy atom. The van der Waals surface area contributed by atoms with Crippen molar-refractivity contribution < 1.29 is 22.6 Å². The van der Waals surface area contributed by atoms with Crippen molar-refractivity contribution in [3.05, 3.63) is 54.5 Å². The summed E-state index contributed by atoms with van der Waals surface area (Å²) < 4.78 is 55.5. The first-order chi connectivity index (χ1) is 18.3. The lowest BCUT2D eigenvalue weighted by Gasteiger charge is -2.40. The Hall–Kier alpha value is -3.17. The largest absolute Gasteiger partial charge is 0.474 e. The summed E-state index contributed by atoms with van der Waals surface area (Å²) in [5.41, 5.74) is 2.18. The number of likely N-dealkylation sites (tertiary alicyclic amines) is 1. The molecule has 1 aliphatic heterocycles. The molecule has 0 N–H and O–H groups in total. The topological polar surface area (TPSA) is 52.4 Å². The van der Waals surface area contributed by atoms with Gasteiger partial charge in [0.1, 0.15) is 11.7 Å². The number of hydrogen-bond acceptors (Lipinski definition) is 5. The minimum absolute atomic E-state index is 0.239. The van der Waals surface area contributed by atoms with Gasteiger partial charge in [-0.2, -0.15) is 13.2 Å². The number of hydrogen-bond donors (Lipinski definition) is 0. The molecule has 3 aromatic heterocycles. The fourth-order valence-corrected chi connectivity index (χ4v) is 5.91. The fourth-order valence-electron chi connectivity index (χ4n) is 5.91. The number of nitrogens with zero attached hydrogens (tertiary/aromatic N) is 4. The molecular formula is C29H31F3N4O2. The lowest BCUT2D eigenvalue weighted by atomic mass is 9.81. The Morgan fingerprint density at radius 3 is 2.47 bits per heavy atom. The molecule has 38 heavy (non-hydrogen) atoms. The van der Waals surface area contributed by atoms with E-state index in [9.17, 15) is 13.2 Å². The Morgan fingerprint density at radius 2 is 1.74 bits per heavy atom. The van der Waals surface area contributed by atoms with Crippen LogP contribution in [0.3, 0.4) is 0 Å². The highest BCUT2D eigenvalue weighted by molar-refractivity contribution is 6.08. The highest BCUT2D eigenvalue weighted by Crippen LogP contribution is 2.41. The van der Waals surface area contributed by atoms with Crippen LogP contribution in [-0.4, -0.2) is 58.4 Å². The van der Waals surface area contributed by atoms with E-state index in [-0.39, 0.29) is 12.0 Å². The summed E-state index contributed by atoms with van der Waals surface area (Å²) in [4.78, 5) is 10.8. The molecule has 6 nitrogen and oxygen atoms in total. The van der Waals surface area contributed by atoms with Crippen molar-refractivity contribution in [3.8, 4) is 17.0 Å². The van der Waals surface area contributed by atoms with Gasteiger partial charge in [-0.25, -0.2) is 4.98 Å². The van der Waals surface area contributed by atoms with Gasteiger partial charge in [0.05, 0.1) is 11.6 Å². The van der Waals surface area contributed by atoms with E-state index in [2.05, 4.69) is 14.9 Å². The summed E-state index contributed by atoms with van der Waals surface area (Å²) in [6.45, 7) is 2.97. The zero-order chi connectivity index (χ0) is 26.4. The third-order valence-corrected chi connectivity index (χ3v) is 8.15. The van der Waals surface area contributed by atoms with Gasteiger partial charge in [-0.3, -0.25) is 4.98 Å². The van der Waals surface area contributed by atoms with Crippen LogP contribution in [0.2, 0.25) is 0 Å². The standard InChI is InChI=1S/C29H31F3N4O2/c1-35-26-5-8-33-16-24(26)23-4-3-19(14-27(23)35)20-13-25(29(30,31)32)28(34-15-20)38-22-11-18(12-22)17-36-9-6-21(37-2)7-10-36/h3-5,8,13-16,18,21-22H,6-7,9-12,17H2,1-2H3. The van der Waals surface area contributed by atoms with Crippen molar-refractivity contribution in [1.82, 2.24) is 19.4 Å². The molecule has 1 saturated heterocycles. The van der Waals surface area contributed by atoms with E-state index in [0.717, 1.165) is 73.2 Å². The monoisotopic (exact) mass is 524 g/mol. The minimum atomic E-state index is -4.57. The molecular weight excluding hydrogens is 493 g/mol. The zero-order valence-corrected chi connectivity index (χ0v) is 21.5. The van der Waals surface area contributed by atoms with Crippen molar-refractivity contribution >= 4 is 21.8 Å². The maximum absolute atomic E-state index is 14.1. The number of ether oxygens (including phenoxy) is 2. The van der Waals surface area contributed by atoms with Crippen LogP contribution in [0.15, 0.2) is 48.9 Å². The molecule has 4 aromatic rings. The number of pyridine rings is 2. The Balaban J connectivity index is 1.18. The molecule has 0 spiro atoms. The lowest BCUT2D eigenvalue weighted by molar-refractivity contribution is -0.140. The molecule has 0 amide bonds. The first-order valence-electron chi connectivity index (χ1n) is 13.1. The van der Waals surface area contributed by atoms with E-state index in [4.69, 9.17) is 9.47 Å². The van der Waals surface area contributed by atoms with Crippen LogP contribution in [-0.2, 0) is 18.0 Å². The molecule has 1 aliphatic carbocycles. The summed E-state index contributed by atoms with van der Waals surface area (Å²) >= 11 is 0. The number of methoxy groups -OCH3 is 1. The van der Waals surface area contributed by atoms with Crippen molar-refractivity contribution in [2.45, 2.75) is 44.1 Å². The second kappa shape index (κ2) is 9.85. The van der Waals surface area contributed by atoms with Gasteiger partial charge in [0.25, 0.3) is 0 Å². The number of piperidine rings is 1. The second-order valence-corrected chi connectivity index (χ2v) is 10.6. The van der Waals surface area contributed by atoms with Crippen LogP contribution in [0.4, 0.5) is 13.2 Å². The summed E-state index contributed by atoms with van der Waals surface area (Å²) in [6.07, 6.45) is 4.10. The fraction of sp³-hybridized carbons (Fsp3) is 0.448. The molecule has 6 rings (SSSR count). The molecule has 1 saturated carbocycles. The zero-order valence-electron chi connectivity index (χ0n) is 21.5. The quantitative estimate of drug-likeness (QED) is 0.306. The Kier molecular flexibility index (Phi) is 6.52. The number of rotatable bonds is 6. The molecule has 2 aliphatic rings. The van der Waals surface area contributed by atoms with Crippen LogP contribution in [0.1, 0.15) is 31.2 Å². The van der Waals surface area contributed by atoms with Crippen LogP contribution in [0.5, 0.6) is 5.88 Å². The highest BCUT2D eigenvalue weighted by atomic mass is 19.4. The Bertz CT molecular complexity index is 1450. The smallest absolute Gasteiger partial charge is 0.421 e. The predicted molar refractivity (Wildman–Crippen MR) is 140 cm³/mol. The van der Waals surface area contributed by atoms with Crippen LogP contribution in [0.25, 0.3) is 32.9 Å². The van der Waals surface area contributed by atoms with Crippen LogP contribution >= 0.6 is 0 Å². The molecule has 2 fully saturated rings. The van der Waals surface area contributed by atoms with E-state index in [1.807, 2.05) is 35.9 Å². The van der Waals surface area contributed by atoms with Crippen molar-refractivity contribution in [1.29, 1.82) is 0 Å². The SMILES string of the molecule is COC1CCN(CC2CC(Oc3ncc(-c4ccc5c6cnccc6n(C)c5c4)cc3C(F)(F)F)C2)CC1. The van der Waals surface area contributed by atoms with E-state index >= 15 is 0 Å². The molecule has 200 valence electrons. The van der Waals surface area contributed by atoms with Gasteiger partial charge in [0, 0.05) is 74.2 Å². The van der Waals surface area contributed by atoms with Gasteiger partial charge < -0.3 is 18.9 Å². The van der Waals surface area contributed by atoms with Gasteiger partial charge in [-0.15, -0.1) is 0 Å². The molecule has 0 atom stereocenters. The van der Waals surface area contributed by atoms with Crippen molar-refractivity contribution in [3.63, 3.8) is 0 Å². The number of halogens is 3. The van der Waals surface area contributed by atoms with Gasteiger partial charge in [-0.1, -0.05) is 12.1 Å². The molecule has 4 heterocycles. The summed E-state index contributed by atoms with van der Waals surface area (Å²) in [5.74, 6) is 0.109. The summed E-state index contributed by atoms with van der Waals surface area (Å²) in [6, 6.07) is 8.75. The normalized spacial score (nSPS) is 21.2. The third kappa shape index (κ3) is 4.73. The number of fused-ring (bicyclic) bond motifs is 3. The lowest BCUT2D eigenvalue weighted by Crippen LogP contribution is -2.45. The average molecular weight is 525 g/mol. The summed E-state index contributed by atoms with van der Waals surface area (Å²) in [7, 11) is 3.70. The number of aryl methyl sites for hydroxylation is 1. The van der Waals surface area contributed by atoms with Gasteiger partial charge >= 0.3 is 6.18 Å². The molecule has 1 aromatic carbocycles. The molecule has 9 heteroatoms. The third-order valence-electron chi connectivity index (χ3n) is 8.15. The average Bonchev–Trinajstić information content (AvgIpc) is 3.19. The van der Waals surface area contributed by atoms with Crippen LogP contribution in [0, 0.1) is 5.92 Å². The first-order valence-corrected chi connectivity index (χ1v) is 13.1. The van der Waals surface area contributed by atoms with Gasteiger partial charge in [0.15, 0.2) is 0 Å². The van der Waals surface area contributed by atoms with Crippen molar-refractivity contribution in [2.24, 2.45) is 13.0 Å². The molecule has 0 unspecified atom stereocenters. The number of alkyl halides is 3. The van der Waals surface area contributed by atoms with Gasteiger partial charge in [0.2, 0.25) is 5.88 Å². The Labute approximate surface area is 219 Å². The van der Waals surface area contributed by atoms with Crippen LogP contribution < -0.4 is 4.74 Å². The van der Waals surface area contributed by atoms with Gasteiger partial charge in [-0.05, 0) is 55.4 Å². The van der Waals surface area contributed by atoms with Crippen molar-refractivity contribution in [2.75, 3.05) is 26.7 Å². The van der Waals surface area contributed by atoms with E-state index < -0.39 is 11.7 Å².